The van der Waals surface area contributed by atoms with Gasteiger partial charge in [-0.15, -0.1) is 0 Å². The number of aliphatic hydroxyl groups is 1. The van der Waals surface area contributed by atoms with Crippen LogP contribution in [0.25, 0.3) is 17.0 Å². The van der Waals surface area contributed by atoms with E-state index >= 15 is 0 Å². The van der Waals surface area contributed by atoms with E-state index in [0.717, 1.165) is 22.9 Å². The Morgan fingerprint density at radius 1 is 1.30 bits per heavy atom. The monoisotopic (exact) mass is 361 g/mol. The maximum absolute atomic E-state index is 12.6. The van der Waals surface area contributed by atoms with Crippen molar-refractivity contribution in [1.29, 1.82) is 0 Å². The van der Waals surface area contributed by atoms with Crippen LogP contribution in [0.3, 0.4) is 0 Å². The van der Waals surface area contributed by atoms with Crippen LogP contribution in [-0.4, -0.2) is 34.4 Å². The SMILES string of the molecule is O=C(NCCc1ccccc1)C1(CO)CC1C=Cc1ccc2[nH]ncc2c1. The third-order valence-electron chi connectivity index (χ3n) is 5.40. The smallest absolute Gasteiger partial charge is 0.229 e. The first-order valence-electron chi connectivity index (χ1n) is 9.26. The van der Waals surface area contributed by atoms with Crippen LogP contribution in [0.4, 0.5) is 0 Å². The Morgan fingerprint density at radius 2 is 2.15 bits per heavy atom. The Hall–Kier alpha value is -2.92. The zero-order chi connectivity index (χ0) is 18.7. The highest BCUT2D eigenvalue weighted by Crippen LogP contribution is 2.53. The molecule has 138 valence electrons. The van der Waals surface area contributed by atoms with Crippen LogP contribution in [0, 0.1) is 11.3 Å². The first kappa shape index (κ1) is 17.5. The molecule has 1 amide bonds. The van der Waals surface area contributed by atoms with E-state index in [9.17, 15) is 9.90 Å². The van der Waals surface area contributed by atoms with Crippen LogP contribution in [0.15, 0.2) is 60.8 Å². The van der Waals surface area contributed by atoms with Crippen LogP contribution in [0.1, 0.15) is 17.5 Å². The van der Waals surface area contributed by atoms with Crippen molar-refractivity contribution >= 4 is 22.9 Å². The maximum atomic E-state index is 12.6. The minimum absolute atomic E-state index is 0.0548. The van der Waals surface area contributed by atoms with Gasteiger partial charge in [-0.25, -0.2) is 0 Å². The van der Waals surface area contributed by atoms with E-state index in [1.165, 1.54) is 5.56 Å². The highest BCUT2D eigenvalue weighted by Gasteiger charge is 2.58. The average molecular weight is 361 g/mol. The van der Waals surface area contributed by atoms with Gasteiger partial charge in [-0.1, -0.05) is 48.6 Å². The Bertz CT molecular complexity index is 964. The lowest BCUT2D eigenvalue weighted by molar-refractivity contribution is -0.128. The van der Waals surface area contributed by atoms with Crippen molar-refractivity contribution in [1.82, 2.24) is 15.5 Å². The number of hydrogen-bond acceptors (Lipinski definition) is 3. The molecule has 3 N–H and O–H groups in total. The van der Waals surface area contributed by atoms with Gasteiger partial charge < -0.3 is 10.4 Å². The summed E-state index contributed by atoms with van der Waals surface area (Å²) in [6.07, 6.45) is 7.33. The fourth-order valence-electron chi connectivity index (χ4n) is 3.53. The van der Waals surface area contributed by atoms with Crippen molar-refractivity contribution < 1.29 is 9.90 Å². The number of benzene rings is 2. The number of nitrogens with one attached hydrogen (secondary N) is 2. The van der Waals surface area contributed by atoms with Crippen LogP contribution in [-0.2, 0) is 11.2 Å². The number of aromatic nitrogens is 2. The third-order valence-corrected chi connectivity index (χ3v) is 5.40. The van der Waals surface area contributed by atoms with Gasteiger partial charge in [0.05, 0.1) is 23.7 Å². The van der Waals surface area contributed by atoms with Crippen LogP contribution in [0.5, 0.6) is 0 Å². The number of rotatable bonds is 7. The lowest BCUT2D eigenvalue weighted by atomic mass is 10.0. The molecule has 1 fully saturated rings. The molecule has 5 heteroatoms. The summed E-state index contributed by atoms with van der Waals surface area (Å²) in [4.78, 5) is 12.6. The van der Waals surface area contributed by atoms with Crippen molar-refractivity contribution in [2.45, 2.75) is 12.8 Å². The number of aliphatic hydroxyl groups excluding tert-OH is 1. The number of H-pyrrole nitrogens is 1. The van der Waals surface area contributed by atoms with Gasteiger partial charge in [-0.2, -0.15) is 5.10 Å². The van der Waals surface area contributed by atoms with Gasteiger partial charge in [0.15, 0.2) is 0 Å². The molecule has 0 bridgehead atoms. The van der Waals surface area contributed by atoms with Gasteiger partial charge in [0.2, 0.25) is 5.91 Å². The number of hydrogen-bond donors (Lipinski definition) is 3. The van der Waals surface area contributed by atoms with Crippen molar-refractivity contribution in [3.63, 3.8) is 0 Å². The van der Waals surface area contributed by atoms with Crippen molar-refractivity contribution in [2.24, 2.45) is 11.3 Å². The zero-order valence-corrected chi connectivity index (χ0v) is 15.1. The molecule has 1 heterocycles. The number of aromatic amines is 1. The standard InChI is InChI=1S/C22H23N3O2/c26-15-22(21(27)23-11-10-16-4-2-1-3-5-16)13-19(22)8-6-17-7-9-20-18(12-17)14-24-25-20/h1-9,12,14,19,26H,10-11,13,15H2,(H,23,27)(H,24,25). The summed E-state index contributed by atoms with van der Waals surface area (Å²) in [5.74, 6) is 0.0140. The number of nitrogens with zero attached hydrogens (tertiary/aromatic N) is 1. The summed E-state index contributed by atoms with van der Waals surface area (Å²) in [6, 6.07) is 16.1. The molecule has 2 aromatic carbocycles. The molecule has 2 unspecified atom stereocenters. The largest absolute Gasteiger partial charge is 0.395 e. The van der Waals surface area contributed by atoms with E-state index in [1.807, 2.05) is 54.6 Å². The fraction of sp³-hybridized carbons (Fsp3) is 0.273. The lowest BCUT2D eigenvalue weighted by Crippen LogP contribution is -2.36. The summed E-state index contributed by atoms with van der Waals surface area (Å²) in [5.41, 5.74) is 2.58. The highest BCUT2D eigenvalue weighted by atomic mass is 16.3. The van der Waals surface area contributed by atoms with Crippen LogP contribution in [0.2, 0.25) is 0 Å². The summed E-state index contributed by atoms with van der Waals surface area (Å²) in [7, 11) is 0. The lowest BCUT2D eigenvalue weighted by Gasteiger charge is -2.13. The van der Waals surface area contributed by atoms with Gasteiger partial charge in [0, 0.05) is 11.9 Å². The normalized spacial score (nSPS) is 21.6. The molecule has 0 saturated heterocycles. The van der Waals surface area contributed by atoms with Gasteiger partial charge in [-0.3, -0.25) is 9.89 Å². The van der Waals surface area contributed by atoms with E-state index in [2.05, 4.69) is 21.6 Å². The highest BCUT2D eigenvalue weighted by molar-refractivity contribution is 5.87. The second-order valence-corrected chi connectivity index (χ2v) is 7.19. The molecular weight excluding hydrogens is 338 g/mol. The molecule has 27 heavy (non-hydrogen) atoms. The van der Waals surface area contributed by atoms with E-state index in [1.54, 1.807) is 6.20 Å². The minimum Gasteiger partial charge on any atom is -0.395 e. The average Bonchev–Trinajstić information content (AvgIpc) is 3.24. The van der Waals surface area contributed by atoms with E-state index in [4.69, 9.17) is 0 Å². The van der Waals surface area contributed by atoms with E-state index < -0.39 is 5.41 Å². The van der Waals surface area contributed by atoms with Crippen molar-refractivity contribution in [2.75, 3.05) is 13.2 Å². The number of amides is 1. The van der Waals surface area contributed by atoms with E-state index in [-0.39, 0.29) is 18.4 Å². The number of carbonyl (C=O) groups excluding carboxylic acids is 1. The van der Waals surface area contributed by atoms with Gasteiger partial charge in [0.25, 0.3) is 0 Å². The molecule has 0 spiro atoms. The molecule has 1 aliphatic rings. The molecule has 1 aliphatic carbocycles. The Morgan fingerprint density at radius 3 is 2.96 bits per heavy atom. The molecule has 1 aromatic heterocycles. The maximum Gasteiger partial charge on any atom is 0.229 e. The molecule has 5 nitrogen and oxygen atoms in total. The third kappa shape index (κ3) is 3.64. The summed E-state index contributed by atoms with van der Waals surface area (Å²) in [5, 5.41) is 20.8. The van der Waals surface area contributed by atoms with Crippen molar-refractivity contribution in [3.05, 3.63) is 71.9 Å². The van der Waals surface area contributed by atoms with Gasteiger partial charge >= 0.3 is 0 Å². The summed E-state index contributed by atoms with van der Waals surface area (Å²) < 4.78 is 0. The number of carbonyl (C=O) groups is 1. The van der Waals surface area contributed by atoms with Gasteiger partial charge in [0.1, 0.15) is 0 Å². The molecule has 4 rings (SSSR count). The van der Waals surface area contributed by atoms with Crippen LogP contribution >= 0.6 is 0 Å². The summed E-state index contributed by atoms with van der Waals surface area (Å²) >= 11 is 0. The topological polar surface area (TPSA) is 78.0 Å². The summed E-state index contributed by atoms with van der Waals surface area (Å²) in [6.45, 7) is 0.456. The minimum atomic E-state index is -0.674. The zero-order valence-electron chi connectivity index (χ0n) is 15.1. The number of fused-ring (bicyclic) bond motifs is 1. The quantitative estimate of drug-likeness (QED) is 0.605. The second kappa shape index (κ2) is 7.37. The Kier molecular flexibility index (Phi) is 4.77. The van der Waals surface area contributed by atoms with E-state index in [0.29, 0.717) is 13.0 Å². The Balaban J connectivity index is 1.35. The number of allylic oxidation sites excluding steroid dienone is 1. The predicted octanol–water partition coefficient (Wildman–Crippen LogP) is 2.93. The van der Waals surface area contributed by atoms with Crippen LogP contribution < -0.4 is 5.32 Å². The van der Waals surface area contributed by atoms with Crippen molar-refractivity contribution in [3.8, 4) is 0 Å². The molecule has 3 aromatic rings. The molecule has 1 saturated carbocycles. The first-order chi connectivity index (χ1) is 13.2. The second-order valence-electron chi connectivity index (χ2n) is 7.19. The molecule has 2 atom stereocenters. The predicted molar refractivity (Wildman–Crippen MR) is 106 cm³/mol. The van der Waals surface area contributed by atoms with Gasteiger partial charge in [-0.05, 0) is 42.0 Å². The molecule has 0 radical (unpaired) electrons. The first-order valence-corrected chi connectivity index (χ1v) is 9.26. The molecule has 0 aliphatic heterocycles. The fourth-order valence-corrected chi connectivity index (χ4v) is 3.53. The molecular formula is C22H23N3O2. The Labute approximate surface area is 158 Å².